The third-order valence-corrected chi connectivity index (χ3v) is 5.67. The van der Waals surface area contributed by atoms with Gasteiger partial charge in [0.25, 0.3) is 5.91 Å². The summed E-state index contributed by atoms with van der Waals surface area (Å²) in [4.78, 5) is 32.3. The maximum Gasteiger partial charge on any atom is 0.252 e. The molecule has 33 heavy (non-hydrogen) atoms. The highest BCUT2D eigenvalue weighted by molar-refractivity contribution is 6.06. The van der Waals surface area contributed by atoms with Crippen LogP contribution in [0.3, 0.4) is 0 Å². The van der Waals surface area contributed by atoms with E-state index >= 15 is 0 Å². The normalized spacial score (nSPS) is 16.2. The number of hydrogen-bond donors (Lipinski definition) is 1. The second kappa shape index (κ2) is 10.1. The first-order valence-corrected chi connectivity index (χ1v) is 11.2. The fraction of sp³-hybridized carbons (Fsp3) is 0.346. The molecule has 1 aromatic heterocycles. The van der Waals surface area contributed by atoms with E-state index in [0.717, 1.165) is 10.9 Å². The van der Waals surface area contributed by atoms with Crippen LogP contribution in [0.25, 0.3) is 10.9 Å². The Balaban J connectivity index is 1.55. The Morgan fingerprint density at radius 3 is 2.70 bits per heavy atom. The van der Waals surface area contributed by atoms with Crippen molar-refractivity contribution >= 4 is 22.7 Å². The number of hydrogen-bond acceptors (Lipinski definition) is 4. The van der Waals surface area contributed by atoms with Crippen molar-refractivity contribution in [3.05, 3.63) is 77.2 Å². The molecule has 1 fully saturated rings. The molecule has 2 aromatic carbocycles. The van der Waals surface area contributed by atoms with Crippen molar-refractivity contribution in [2.24, 2.45) is 5.92 Å². The molecule has 0 spiro atoms. The minimum atomic E-state index is -0.433. The summed E-state index contributed by atoms with van der Waals surface area (Å²) in [5, 5.41) is 3.76. The summed E-state index contributed by atoms with van der Waals surface area (Å²) in [7, 11) is 0. The monoisotopic (exact) mass is 449 g/mol. The van der Waals surface area contributed by atoms with Crippen LogP contribution < -0.4 is 5.32 Å². The summed E-state index contributed by atoms with van der Waals surface area (Å²) in [6.07, 6.45) is -0.238. The van der Waals surface area contributed by atoms with Gasteiger partial charge in [-0.25, -0.2) is 9.37 Å². The van der Waals surface area contributed by atoms with Crippen LogP contribution in [0.1, 0.15) is 41.6 Å². The minimum Gasteiger partial charge on any atom is -0.368 e. The van der Waals surface area contributed by atoms with Gasteiger partial charge in [-0.2, -0.15) is 0 Å². The zero-order valence-electron chi connectivity index (χ0n) is 18.9. The average molecular weight is 450 g/mol. The van der Waals surface area contributed by atoms with Crippen LogP contribution in [0.5, 0.6) is 0 Å². The number of ether oxygens (including phenoxy) is 1. The lowest BCUT2D eigenvalue weighted by molar-refractivity contribution is -0.138. The van der Waals surface area contributed by atoms with E-state index < -0.39 is 6.10 Å². The molecular weight excluding hydrogens is 421 g/mol. The third kappa shape index (κ3) is 5.54. The topological polar surface area (TPSA) is 71.5 Å². The van der Waals surface area contributed by atoms with Gasteiger partial charge < -0.3 is 15.0 Å². The zero-order chi connectivity index (χ0) is 23.4. The van der Waals surface area contributed by atoms with E-state index in [1.165, 1.54) is 12.1 Å². The minimum absolute atomic E-state index is 0.0504. The lowest BCUT2D eigenvalue weighted by Crippen LogP contribution is -2.43. The number of halogens is 1. The Morgan fingerprint density at radius 1 is 1.18 bits per heavy atom. The number of morpholine rings is 1. The molecular formula is C26H28FN3O3. The van der Waals surface area contributed by atoms with E-state index in [2.05, 4.69) is 5.32 Å². The zero-order valence-corrected chi connectivity index (χ0v) is 18.9. The van der Waals surface area contributed by atoms with E-state index in [-0.39, 0.29) is 24.1 Å². The largest absolute Gasteiger partial charge is 0.368 e. The van der Waals surface area contributed by atoms with E-state index in [1.54, 1.807) is 23.1 Å². The molecule has 3 aromatic rings. The number of aromatic nitrogens is 1. The molecule has 0 saturated carbocycles. The fourth-order valence-electron chi connectivity index (χ4n) is 3.88. The maximum absolute atomic E-state index is 13.2. The molecule has 0 bridgehead atoms. The number of carbonyl (C=O) groups excluding carboxylic acids is 2. The summed E-state index contributed by atoms with van der Waals surface area (Å²) in [5.74, 6) is -0.189. The number of rotatable bonds is 6. The van der Waals surface area contributed by atoms with Crippen LogP contribution >= 0.6 is 0 Å². The van der Waals surface area contributed by atoms with Crippen molar-refractivity contribution < 1.29 is 18.7 Å². The second-order valence-electron chi connectivity index (χ2n) is 8.72. The van der Waals surface area contributed by atoms with Gasteiger partial charge in [0.2, 0.25) is 5.91 Å². The first-order chi connectivity index (χ1) is 15.9. The molecule has 0 radical (unpaired) electrons. The number of amides is 2. The second-order valence-corrected chi connectivity index (χ2v) is 8.72. The molecule has 1 saturated heterocycles. The molecule has 1 N–H and O–H groups in total. The van der Waals surface area contributed by atoms with Gasteiger partial charge in [-0.3, -0.25) is 9.59 Å². The standard InChI is InChI=1S/C26H28FN3O3/c1-17(2)15-28-26(32)21-14-23(29-22-6-4-3-5-20(21)22)24-16-30(11-12-33-24)25(31)13-18-7-9-19(27)10-8-18/h3-10,14,17,24H,11-13,15-16H2,1-2H3,(H,28,32). The van der Waals surface area contributed by atoms with Gasteiger partial charge in [-0.1, -0.05) is 44.2 Å². The molecule has 6 nitrogen and oxygen atoms in total. The van der Waals surface area contributed by atoms with Gasteiger partial charge in [-0.15, -0.1) is 0 Å². The number of fused-ring (bicyclic) bond motifs is 1. The van der Waals surface area contributed by atoms with Gasteiger partial charge in [0.1, 0.15) is 11.9 Å². The Hall–Kier alpha value is -3.32. The van der Waals surface area contributed by atoms with Crippen LogP contribution in [0, 0.1) is 11.7 Å². The summed E-state index contributed by atoms with van der Waals surface area (Å²) < 4.78 is 19.1. The van der Waals surface area contributed by atoms with Crippen molar-refractivity contribution in [1.82, 2.24) is 15.2 Å². The highest BCUT2D eigenvalue weighted by Crippen LogP contribution is 2.26. The molecule has 7 heteroatoms. The number of para-hydroxylation sites is 1. The Labute approximate surface area is 192 Å². The van der Waals surface area contributed by atoms with E-state index in [0.29, 0.717) is 48.9 Å². The Morgan fingerprint density at radius 2 is 1.94 bits per heavy atom. The quantitative estimate of drug-likeness (QED) is 0.620. The van der Waals surface area contributed by atoms with Crippen LogP contribution in [0.15, 0.2) is 54.6 Å². The molecule has 1 unspecified atom stereocenters. The molecule has 1 aliphatic rings. The van der Waals surface area contributed by atoms with Crippen molar-refractivity contribution in [2.75, 3.05) is 26.2 Å². The number of nitrogens with one attached hydrogen (secondary N) is 1. The number of nitrogens with zero attached hydrogens (tertiary/aromatic N) is 2. The lowest BCUT2D eigenvalue weighted by atomic mass is 10.0. The molecule has 1 atom stereocenters. The van der Waals surface area contributed by atoms with Crippen LogP contribution in [0.2, 0.25) is 0 Å². The molecule has 2 heterocycles. The third-order valence-electron chi connectivity index (χ3n) is 5.67. The van der Waals surface area contributed by atoms with E-state index in [4.69, 9.17) is 9.72 Å². The number of carbonyl (C=O) groups is 2. The van der Waals surface area contributed by atoms with Crippen molar-refractivity contribution in [3.8, 4) is 0 Å². The highest BCUT2D eigenvalue weighted by atomic mass is 19.1. The van der Waals surface area contributed by atoms with Crippen molar-refractivity contribution in [2.45, 2.75) is 26.4 Å². The molecule has 4 rings (SSSR count). The predicted molar refractivity (Wildman–Crippen MR) is 124 cm³/mol. The highest BCUT2D eigenvalue weighted by Gasteiger charge is 2.27. The summed E-state index contributed by atoms with van der Waals surface area (Å²) in [6.45, 7) is 5.87. The average Bonchev–Trinajstić information content (AvgIpc) is 2.83. The van der Waals surface area contributed by atoms with Crippen LogP contribution in [0.4, 0.5) is 4.39 Å². The molecule has 2 amide bonds. The van der Waals surface area contributed by atoms with Crippen LogP contribution in [-0.2, 0) is 16.0 Å². The Bertz CT molecular complexity index is 1150. The lowest BCUT2D eigenvalue weighted by Gasteiger charge is -2.33. The summed E-state index contributed by atoms with van der Waals surface area (Å²) >= 11 is 0. The first kappa shape index (κ1) is 22.9. The maximum atomic E-state index is 13.2. The van der Waals surface area contributed by atoms with Gasteiger partial charge in [0.05, 0.1) is 36.3 Å². The fourth-order valence-corrected chi connectivity index (χ4v) is 3.88. The van der Waals surface area contributed by atoms with E-state index in [1.807, 2.05) is 38.1 Å². The SMILES string of the molecule is CC(C)CNC(=O)c1cc(C2CN(C(=O)Cc3ccc(F)cc3)CCO2)nc2ccccc12. The van der Waals surface area contributed by atoms with Gasteiger partial charge in [0, 0.05) is 18.5 Å². The van der Waals surface area contributed by atoms with Crippen molar-refractivity contribution in [3.63, 3.8) is 0 Å². The van der Waals surface area contributed by atoms with Crippen molar-refractivity contribution in [1.29, 1.82) is 0 Å². The van der Waals surface area contributed by atoms with E-state index in [9.17, 15) is 14.0 Å². The number of pyridine rings is 1. The molecule has 172 valence electrons. The Kier molecular flexibility index (Phi) is 6.99. The summed E-state index contributed by atoms with van der Waals surface area (Å²) in [5.41, 5.74) is 2.65. The van der Waals surface area contributed by atoms with Crippen LogP contribution in [-0.4, -0.2) is 47.9 Å². The smallest absolute Gasteiger partial charge is 0.252 e. The van der Waals surface area contributed by atoms with Gasteiger partial charge in [-0.05, 0) is 35.7 Å². The number of benzene rings is 2. The summed E-state index contributed by atoms with van der Waals surface area (Å²) in [6, 6.07) is 15.3. The molecule has 0 aliphatic carbocycles. The molecule has 1 aliphatic heterocycles. The van der Waals surface area contributed by atoms with Gasteiger partial charge >= 0.3 is 0 Å². The predicted octanol–water partition coefficient (Wildman–Crippen LogP) is 3.90. The van der Waals surface area contributed by atoms with Gasteiger partial charge in [0.15, 0.2) is 0 Å². The first-order valence-electron chi connectivity index (χ1n) is 11.2.